The van der Waals surface area contributed by atoms with Crippen LogP contribution in [-0.4, -0.2) is 176 Å². The van der Waals surface area contributed by atoms with Gasteiger partial charge in [0.1, 0.15) is 0 Å². The number of rotatable bonds is 0. The van der Waals surface area contributed by atoms with Crippen LogP contribution in [0.15, 0.2) is 0 Å². The van der Waals surface area contributed by atoms with Crippen LogP contribution < -0.4 is 29.4 Å². The summed E-state index contributed by atoms with van der Waals surface area (Å²) in [5.74, 6) is 0. The van der Waals surface area contributed by atoms with E-state index in [1.807, 2.05) is 0 Å². The van der Waals surface area contributed by atoms with E-state index in [2.05, 4.69) is 0 Å². The van der Waals surface area contributed by atoms with Crippen LogP contribution >= 0.6 is 110 Å². The summed E-state index contributed by atoms with van der Waals surface area (Å²) in [4.78, 5) is 310. The predicted octanol–water partition coefficient (Wildman–Crippen LogP) is -16.8. The topological polar surface area (TPSA) is 1110 Å². The minimum atomic E-state index is -5.39. The van der Waals surface area contributed by atoms with Crippen molar-refractivity contribution < 1.29 is 357 Å². The molecule has 0 aliphatic rings. The second-order valence-corrected chi connectivity index (χ2v) is 21.2. The van der Waals surface area contributed by atoms with E-state index in [1.54, 1.807) is 0 Å². The van der Waals surface area contributed by atoms with Crippen molar-refractivity contribution >= 4 is 110 Å². The smallest absolute Gasteiger partial charge is 0.822 e. The van der Waals surface area contributed by atoms with E-state index in [0.29, 0.717) is 0 Å². The molecule has 0 amide bonds. The summed E-state index contributed by atoms with van der Waals surface area (Å²) >= 11 is 0. The number of phosphoric acid groups is 14. The molecule has 72 heteroatoms. The van der Waals surface area contributed by atoms with Crippen LogP contribution in [0.25, 0.3) is 0 Å². The normalized spacial score (nSPS) is 11.5. The van der Waals surface area contributed by atoms with Crippen molar-refractivity contribution in [2.45, 2.75) is 0 Å². The Hall–Kier alpha value is 4.41. The third kappa shape index (κ3) is 20600. The van der Waals surface area contributed by atoms with Crippen LogP contribution in [0.2, 0.25) is 0 Å². The molecular weight excluding hydrogens is 1650 g/mol. The minimum absolute atomic E-state index is 0. The van der Waals surface area contributed by atoms with Crippen LogP contribution in [0.3, 0.4) is 0 Å². The average molecular weight is 1680 g/mol. The third-order valence-electron chi connectivity index (χ3n) is 0. The van der Waals surface area contributed by atoms with Gasteiger partial charge in [0.2, 0.25) is 0 Å². The van der Waals surface area contributed by atoms with Gasteiger partial charge in [-0.3, -0.25) is 0 Å². The Morgan fingerprint density at radius 3 is 0.153 bits per heavy atom. The van der Waals surface area contributed by atoms with E-state index in [4.69, 9.17) is 269 Å². The van der Waals surface area contributed by atoms with Gasteiger partial charge in [-0.2, -0.15) is 15.6 Å². The SMILES string of the molecule is O=P(O)(O)O.O=P(O)(O)O.O=P(O)(O)O.O=P(O)(O)O.O=P(O)(O)O.O=P(O)(O)O.O=P(O)(O)O.O=P(O)(O)O.O=P(O)(O)O.O=P(O)(O)O.O=P(O)(O)O.O=P(O)(O)O.O=P([O-])([O-])[O-].O=P([O-])([O-])[O-].[Nd+3].[Yb+3]. The molecule has 0 atom stereocenters. The van der Waals surface area contributed by atoms with Gasteiger partial charge in [0, 0.05) is 0 Å². The summed E-state index contributed by atoms with van der Waals surface area (Å²) in [5, 5.41) is 0. The second-order valence-electron chi connectivity index (χ2n) is 7.05. The fourth-order valence-corrected chi connectivity index (χ4v) is 0. The van der Waals surface area contributed by atoms with Crippen molar-refractivity contribution in [3.8, 4) is 0 Å². The fraction of sp³-hybridized carbons (Fsp3) is 0. The molecule has 0 aromatic carbocycles. The van der Waals surface area contributed by atoms with Crippen LogP contribution in [0.4, 0.5) is 0 Å². The summed E-state index contributed by atoms with van der Waals surface area (Å²) in [6.45, 7) is 0. The van der Waals surface area contributed by atoms with Gasteiger partial charge >= 0.3 is 182 Å². The van der Waals surface area contributed by atoms with Gasteiger partial charge in [-0.25, -0.2) is 54.8 Å². The molecule has 0 unspecified atom stereocenters. The quantitative estimate of drug-likeness (QED) is 0.100. The Kier molecular flexibility index (Phi) is 88.3. The van der Waals surface area contributed by atoms with Crippen LogP contribution in [0, 0.1) is 87.8 Å². The first-order valence-electron chi connectivity index (χ1n) is 10.9. The van der Waals surface area contributed by atoms with Crippen molar-refractivity contribution in [3.63, 3.8) is 0 Å². The Labute approximate surface area is 462 Å². The van der Waals surface area contributed by atoms with Crippen molar-refractivity contribution in [1.82, 2.24) is 0 Å². The molecule has 0 heterocycles. The molecule has 72 heavy (non-hydrogen) atoms. The largest absolute Gasteiger partial charge is 3.00 e. The molecular formula is H36NdO56P14Yb. The van der Waals surface area contributed by atoms with Crippen LogP contribution in [-0.2, 0) is 63.9 Å². The predicted molar refractivity (Wildman–Crippen MR) is 186 cm³/mol. The van der Waals surface area contributed by atoms with Gasteiger partial charge in [-0.1, -0.05) is 0 Å². The molecule has 0 rings (SSSR count). The van der Waals surface area contributed by atoms with Gasteiger partial charge in [-0.05, 0) is 0 Å². The maximum atomic E-state index is 8.88. The fourth-order valence-electron chi connectivity index (χ4n) is 0. The summed E-state index contributed by atoms with van der Waals surface area (Å²) < 4.78 is 124. The van der Waals surface area contributed by atoms with Gasteiger partial charge in [0.25, 0.3) is 0 Å². The molecule has 0 aromatic heterocycles. The summed E-state index contributed by atoms with van der Waals surface area (Å²) in [6.07, 6.45) is 0. The van der Waals surface area contributed by atoms with E-state index in [-0.39, 0.29) is 87.8 Å². The molecule has 460 valence electrons. The first-order chi connectivity index (χ1) is 28.0. The van der Waals surface area contributed by atoms with E-state index in [0.717, 1.165) is 0 Å². The number of hydrogen-bond acceptors (Lipinski definition) is 20. The first-order valence-corrected chi connectivity index (χ1v) is 32.6. The monoisotopic (exact) mass is 1680 g/mol. The van der Waals surface area contributed by atoms with E-state index in [9.17, 15) is 0 Å². The van der Waals surface area contributed by atoms with Gasteiger partial charge < -0.3 is 215 Å². The van der Waals surface area contributed by atoms with Crippen molar-refractivity contribution in [3.05, 3.63) is 0 Å². The van der Waals surface area contributed by atoms with Gasteiger partial charge in [-0.15, -0.1) is 0 Å². The maximum absolute atomic E-state index is 8.88. The molecule has 0 aliphatic carbocycles. The Morgan fingerprint density at radius 1 is 0.153 bits per heavy atom. The molecule has 0 spiro atoms. The third-order valence-corrected chi connectivity index (χ3v) is 0. The summed E-state index contributed by atoms with van der Waals surface area (Å²) in [5.41, 5.74) is 0. The molecule has 0 fully saturated rings. The van der Waals surface area contributed by atoms with E-state index >= 15 is 0 Å². The molecule has 0 aliphatic heterocycles. The average Bonchev–Trinajstić information content (AvgIpc) is 2.60. The molecule has 36 N–H and O–H groups in total. The maximum Gasteiger partial charge on any atom is 3.00 e. The molecule has 0 saturated carbocycles. The number of hydrogen-bond donors (Lipinski definition) is 36. The second kappa shape index (κ2) is 53.4. The Bertz CT molecular complexity index is 1250. The molecule has 0 bridgehead atoms. The van der Waals surface area contributed by atoms with Crippen molar-refractivity contribution in [2.24, 2.45) is 0 Å². The molecule has 0 saturated heterocycles. The Balaban J connectivity index is -0.0000000334. The van der Waals surface area contributed by atoms with Gasteiger partial charge in [0.15, 0.2) is 0 Å². The molecule has 2 radical (unpaired) electrons. The Morgan fingerprint density at radius 2 is 0.153 bits per heavy atom. The minimum Gasteiger partial charge on any atom is -0.822 e. The molecule has 0 aromatic rings. The van der Waals surface area contributed by atoms with Crippen LogP contribution in [0.5, 0.6) is 0 Å². The van der Waals surface area contributed by atoms with Crippen molar-refractivity contribution in [1.29, 1.82) is 0 Å². The molecule has 56 nitrogen and oxygen atoms in total. The van der Waals surface area contributed by atoms with Crippen LogP contribution in [0.1, 0.15) is 0 Å². The summed E-state index contributed by atoms with van der Waals surface area (Å²) in [6, 6.07) is 0. The van der Waals surface area contributed by atoms with Crippen molar-refractivity contribution in [2.75, 3.05) is 0 Å². The summed E-state index contributed by atoms with van der Waals surface area (Å²) in [7, 11) is -66.4. The van der Waals surface area contributed by atoms with E-state index < -0.39 is 110 Å². The zero-order valence-corrected chi connectivity index (χ0v) is 48.7. The zero-order valence-electron chi connectivity index (χ0n) is 31.3. The standard InChI is InChI=1S/Nd.14H3O4P.Yb/c;14*1-5(2,3)4;/h;14*(H3,1,2,3,4);/q+3;;;;;;;;;;;;;;;+3/p-6. The van der Waals surface area contributed by atoms with Gasteiger partial charge in [0.05, 0.1) is 0 Å². The van der Waals surface area contributed by atoms with E-state index in [1.165, 1.54) is 0 Å². The first kappa shape index (κ1) is 119. The zero-order chi connectivity index (χ0) is 63.0.